The number of ether oxygens (including phenoxy) is 2. The van der Waals surface area contributed by atoms with Gasteiger partial charge in [0.1, 0.15) is 0 Å². The highest BCUT2D eigenvalue weighted by molar-refractivity contribution is 5.96. The maximum absolute atomic E-state index is 12.2. The molecule has 0 aromatic heterocycles. The smallest absolute Gasteiger partial charge is 0.225 e. The molecular weight excluding hydrogens is 302 g/mol. The maximum atomic E-state index is 12.2. The Bertz CT molecular complexity index is 737. The molecule has 24 heavy (non-hydrogen) atoms. The number of benzene rings is 2. The fourth-order valence-electron chi connectivity index (χ4n) is 3.10. The van der Waals surface area contributed by atoms with E-state index in [1.807, 2.05) is 26.0 Å². The first-order valence-electron chi connectivity index (χ1n) is 8.42. The lowest BCUT2D eigenvalue weighted by Crippen LogP contribution is -2.23. The minimum Gasteiger partial charge on any atom is -0.490 e. The first-order chi connectivity index (χ1) is 11.6. The Hall–Kier alpha value is -2.49. The molecular formula is C20H23NO3. The van der Waals surface area contributed by atoms with Crippen LogP contribution in [-0.4, -0.2) is 19.1 Å². The molecule has 2 aromatic carbocycles. The van der Waals surface area contributed by atoms with E-state index in [0.29, 0.717) is 25.4 Å². The van der Waals surface area contributed by atoms with Crippen LogP contribution in [0.25, 0.3) is 0 Å². The van der Waals surface area contributed by atoms with Crippen LogP contribution in [0, 0.1) is 6.92 Å². The zero-order valence-electron chi connectivity index (χ0n) is 14.4. The van der Waals surface area contributed by atoms with Crippen molar-refractivity contribution in [3.8, 4) is 11.5 Å². The third-order valence-corrected chi connectivity index (χ3v) is 4.23. The van der Waals surface area contributed by atoms with Crippen LogP contribution in [0.3, 0.4) is 0 Å². The Morgan fingerprint density at radius 1 is 1.04 bits per heavy atom. The van der Waals surface area contributed by atoms with Crippen LogP contribution in [0.5, 0.6) is 11.5 Å². The second-order valence-corrected chi connectivity index (χ2v) is 5.97. The maximum Gasteiger partial charge on any atom is 0.225 e. The summed E-state index contributed by atoms with van der Waals surface area (Å²) < 4.78 is 11.4. The zero-order chi connectivity index (χ0) is 17.1. The fourth-order valence-corrected chi connectivity index (χ4v) is 3.10. The molecule has 1 heterocycles. The van der Waals surface area contributed by atoms with Gasteiger partial charge in [0.05, 0.1) is 13.2 Å². The Kier molecular flexibility index (Phi) is 4.74. The number of fused-ring (bicyclic) bond motifs is 1. The molecule has 0 saturated carbocycles. The molecule has 1 aliphatic heterocycles. The summed E-state index contributed by atoms with van der Waals surface area (Å²) in [5.74, 6) is 1.46. The van der Waals surface area contributed by atoms with Crippen molar-refractivity contribution in [1.82, 2.24) is 0 Å². The standard InChI is InChI=1S/C20H23NO3/c1-4-23-18-10-16-15(14-8-6-13(3)7-9-14)11-20(22)21-17(16)12-19(18)24-5-2/h6-10,12,15H,4-5,11H2,1-3H3,(H,21,22)/t15-/m0/s1. The number of amides is 1. The van der Waals surface area contributed by atoms with E-state index in [1.165, 1.54) is 5.56 Å². The SMILES string of the molecule is CCOc1cc2c(cc1OCC)[C@H](c1ccc(C)cc1)CC(=O)N2. The van der Waals surface area contributed by atoms with Gasteiger partial charge in [0, 0.05) is 24.1 Å². The molecule has 1 atom stereocenters. The van der Waals surface area contributed by atoms with Crippen LogP contribution in [0.15, 0.2) is 36.4 Å². The molecule has 1 aliphatic rings. The lowest BCUT2D eigenvalue weighted by Gasteiger charge is -2.27. The van der Waals surface area contributed by atoms with Crippen molar-refractivity contribution in [3.63, 3.8) is 0 Å². The van der Waals surface area contributed by atoms with Crippen molar-refractivity contribution in [3.05, 3.63) is 53.1 Å². The molecule has 126 valence electrons. The summed E-state index contributed by atoms with van der Waals surface area (Å²) in [6.45, 7) is 7.07. The van der Waals surface area contributed by atoms with Crippen molar-refractivity contribution in [2.75, 3.05) is 18.5 Å². The highest BCUT2D eigenvalue weighted by Gasteiger charge is 2.28. The van der Waals surface area contributed by atoms with E-state index in [9.17, 15) is 4.79 Å². The number of carbonyl (C=O) groups excluding carboxylic acids is 1. The van der Waals surface area contributed by atoms with Gasteiger partial charge in [0.15, 0.2) is 11.5 Å². The van der Waals surface area contributed by atoms with Gasteiger partial charge in [-0.05, 0) is 38.0 Å². The van der Waals surface area contributed by atoms with Gasteiger partial charge in [-0.25, -0.2) is 0 Å². The second-order valence-electron chi connectivity index (χ2n) is 5.97. The number of hydrogen-bond donors (Lipinski definition) is 1. The van der Waals surface area contributed by atoms with Crippen LogP contribution in [0.4, 0.5) is 5.69 Å². The Labute approximate surface area is 142 Å². The van der Waals surface area contributed by atoms with E-state index < -0.39 is 0 Å². The van der Waals surface area contributed by atoms with E-state index in [0.717, 1.165) is 22.6 Å². The second kappa shape index (κ2) is 6.95. The molecule has 1 N–H and O–H groups in total. The minimum atomic E-state index is 0.0275. The van der Waals surface area contributed by atoms with Crippen molar-refractivity contribution >= 4 is 11.6 Å². The summed E-state index contributed by atoms with van der Waals surface area (Å²) in [4.78, 5) is 12.2. The summed E-state index contributed by atoms with van der Waals surface area (Å²) in [5, 5.41) is 2.96. The number of carbonyl (C=O) groups is 1. The van der Waals surface area contributed by atoms with E-state index in [1.54, 1.807) is 0 Å². The van der Waals surface area contributed by atoms with Gasteiger partial charge in [0.25, 0.3) is 0 Å². The zero-order valence-corrected chi connectivity index (χ0v) is 14.4. The first-order valence-corrected chi connectivity index (χ1v) is 8.42. The summed E-state index contributed by atoms with van der Waals surface area (Å²) in [6.07, 6.45) is 0.440. The molecule has 0 unspecified atom stereocenters. The van der Waals surface area contributed by atoms with E-state index in [4.69, 9.17) is 9.47 Å². The van der Waals surface area contributed by atoms with Gasteiger partial charge in [-0.2, -0.15) is 0 Å². The van der Waals surface area contributed by atoms with Gasteiger partial charge >= 0.3 is 0 Å². The van der Waals surface area contributed by atoms with Crippen LogP contribution < -0.4 is 14.8 Å². The Morgan fingerprint density at radius 3 is 2.29 bits per heavy atom. The number of hydrogen-bond acceptors (Lipinski definition) is 3. The summed E-state index contributed by atoms with van der Waals surface area (Å²) in [6, 6.07) is 12.2. The highest BCUT2D eigenvalue weighted by atomic mass is 16.5. The van der Waals surface area contributed by atoms with Gasteiger partial charge in [-0.15, -0.1) is 0 Å². The average Bonchev–Trinajstić information content (AvgIpc) is 2.56. The van der Waals surface area contributed by atoms with E-state index in [-0.39, 0.29) is 11.8 Å². The molecule has 2 aromatic rings. The largest absolute Gasteiger partial charge is 0.490 e. The number of aryl methyl sites for hydroxylation is 1. The third kappa shape index (κ3) is 3.23. The van der Waals surface area contributed by atoms with Gasteiger partial charge < -0.3 is 14.8 Å². The summed E-state index contributed by atoms with van der Waals surface area (Å²) >= 11 is 0. The minimum absolute atomic E-state index is 0.0275. The lowest BCUT2D eigenvalue weighted by molar-refractivity contribution is -0.116. The fraction of sp³-hybridized carbons (Fsp3) is 0.350. The van der Waals surface area contributed by atoms with Crippen LogP contribution in [-0.2, 0) is 4.79 Å². The first kappa shape index (κ1) is 16.4. The molecule has 0 radical (unpaired) electrons. The Morgan fingerprint density at radius 2 is 1.67 bits per heavy atom. The van der Waals surface area contributed by atoms with Crippen LogP contribution >= 0.6 is 0 Å². The summed E-state index contributed by atoms with van der Waals surface area (Å²) in [7, 11) is 0. The number of nitrogens with one attached hydrogen (secondary N) is 1. The number of rotatable bonds is 5. The van der Waals surface area contributed by atoms with Gasteiger partial charge in [-0.3, -0.25) is 4.79 Å². The molecule has 1 amide bonds. The monoisotopic (exact) mass is 325 g/mol. The predicted octanol–water partition coefficient (Wildman–Crippen LogP) is 4.27. The third-order valence-electron chi connectivity index (χ3n) is 4.23. The molecule has 4 nitrogen and oxygen atoms in total. The molecule has 0 saturated heterocycles. The number of anilines is 1. The van der Waals surface area contributed by atoms with E-state index in [2.05, 4.69) is 36.5 Å². The predicted molar refractivity (Wildman–Crippen MR) is 95.0 cm³/mol. The van der Waals surface area contributed by atoms with Crippen molar-refractivity contribution in [1.29, 1.82) is 0 Å². The quantitative estimate of drug-likeness (QED) is 0.893. The van der Waals surface area contributed by atoms with Crippen molar-refractivity contribution in [2.24, 2.45) is 0 Å². The van der Waals surface area contributed by atoms with Gasteiger partial charge in [-0.1, -0.05) is 29.8 Å². The molecule has 4 heteroatoms. The average molecular weight is 325 g/mol. The van der Waals surface area contributed by atoms with Crippen LogP contribution in [0.2, 0.25) is 0 Å². The van der Waals surface area contributed by atoms with E-state index >= 15 is 0 Å². The molecule has 0 aliphatic carbocycles. The topological polar surface area (TPSA) is 47.6 Å². The summed E-state index contributed by atoms with van der Waals surface area (Å²) in [5.41, 5.74) is 4.23. The van der Waals surface area contributed by atoms with Gasteiger partial charge in [0.2, 0.25) is 5.91 Å². The molecule has 0 spiro atoms. The van der Waals surface area contributed by atoms with Crippen LogP contribution in [0.1, 0.15) is 42.9 Å². The Balaban J connectivity index is 2.08. The molecule has 0 bridgehead atoms. The normalized spacial score (nSPS) is 16.3. The molecule has 3 rings (SSSR count). The molecule has 0 fully saturated rings. The highest BCUT2D eigenvalue weighted by Crippen LogP contribution is 2.43. The lowest BCUT2D eigenvalue weighted by atomic mass is 9.84. The van der Waals surface area contributed by atoms with Crippen molar-refractivity contribution < 1.29 is 14.3 Å². The van der Waals surface area contributed by atoms with Crippen molar-refractivity contribution in [2.45, 2.75) is 33.1 Å².